The van der Waals surface area contributed by atoms with E-state index in [2.05, 4.69) is 31.0 Å². The molecule has 27 heavy (non-hydrogen) atoms. The quantitative estimate of drug-likeness (QED) is 0.367. The van der Waals surface area contributed by atoms with E-state index in [-0.39, 0.29) is 10.8 Å². The largest absolute Gasteiger partial charge is 0.465 e. The molecule has 2 aromatic carbocycles. The van der Waals surface area contributed by atoms with Crippen molar-refractivity contribution in [1.82, 2.24) is 9.55 Å². The van der Waals surface area contributed by atoms with E-state index in [1.54, 1.807) is 34.5 Å². The molecular formula is C21H22N2O3S. The van der Waals surface area contributed by atoms with Gasteiger partial charge in [-0.2, -0.15) is 0 Å². The zero-order chi connectivity index (χ0) is 19.4. The first-order valence-corrected chi connectivity index (χ1v) is 9.71. The first kappa shape index (κ1) is 19.2. The van der Waals surface area contributed by atoms with Crippen LogP contribution in [0.1, 0.15) is 29.8 Å². The molecule has 0 fully saturated rings. The molecule has 0 amide bonds. The van der Waals surface area contributed by atoms with E-state index in [1.165, 1.54) is 12.7 Å². The van der Waals surface area contributed by atoms with Crippen LogP contribution in [0.3, 0.4) is 0 Å². The maximum atomic E-state index is 13.1. The Kier molecular flexibility index (Phi) is 5.96. The van der Waals surface area contributed by atoms with E-state index >= 15 is 0 Å². The molecule has 0 aliphatic rings. The zero-order valence-electron chi connectivity index (χ0n) is 15.6. The maximum Gasteiger partial charge on any atom is 0.337 e. The van der Waals surface area contributed by atoms with Crippen molar-refractivity contribution in [3.05, 3.63) is 70.0 Å². The molecule has 5 nitrogen and oxygen atoms in total. The number of aryl methyl sites for hydroxylation is 1. The number of fused-ring (bicyclic) bond motifs is 1. The molecule has 0 spiro atoms. The van der Waals surface area contributed by atoms with Crippen LogP contribution >= 0.6 is 11.8 Å². The second-order valence-corrected chi connectivity index (χ2v) is 8.02. The average molecular weight is 382 g/mol. The Morgan fingerprint density at radius 3 is 2.59 bits per heavy atom. The number of carbonyl (C=O) groups is 1. The molecule has 140 valence electrons. The summed E-state index contributed by atoms with van der Waals surface area (Å²) < 4.78 is 6.50. The van der Waals surface area contributed by atoms with Gasteiger partial charge in [0.05, 0.1) is 23.6 Å². The van der Waals surface area contributed by atoms with Crippen LogP contribution in [0, 0.1) is 0 Å². The van der Waals surface area contributed by atoms with E-state index in [1.807, 2.05) is 18.2 Å². The van der Waals surface area contributed by atoms with Crippen molar-refractivity contribution in [1.29, 1.82) is 0 Å². The van der Waals surface area contributed by atoms with Gasteiger partial charge in [0.25, 0.3) is 5.56 Å². The molecule has 3 aromatic rings. The molecule has 3 rings (SSSR count). The number of carbonyl (C=O) groups excluding carboxylic acids is 1. The third-order valence-corrected chi connectivity index (χ3v) is 5.14. The van der Waals surface area contributed by atoms with Crippen LogP contribution < -0.4 is 5.56 Å². The summed E-state index contributed by atoms with van der Waals surface area (Å²) in [4.78, 5) is 29.6. The lowest BCUT2D eigenvalue weighted by Crippen LogP contribution is -2.25. The number of methoxy groups -OCH3 is 1. The molecule has 0 atom stereocenters. The summed E-state index contributed by atoms with van der Waals surface area (Å²) in [5, 5.41) is 1.45. The monoisotopic (exact) mass is 382 g/mol. The van der Waals surface area contributed by atoms with Crippen molar-refractivity contribution >= 4 is 28.6 Å². The number of nitrogens with zero attached hydrogens (tertiary/aromatic N) is 2. The Morgan fingerprint density at radius 2 is 1.93 bits per heavy atom. The number of esters is 1. The fourth-order valence-electron chi connectivity index (χ4n) is 2.83. The second-order valence-electron chi connectivity index (χ2n) is 6.48. The first-order valence-electron chi connectivity index (χ1n) is 8.83. The van der Waals surface area contributed by atoms with Gasteiger partial charge in [0.15, 0.2) is 5.16 Å². The molecule has 0 bridgehead atoms. The van der Waals surface area contributed by atoms with Crippen molar-refractivity contribution in [2.24, 2.45) is 0 Å². The third kappa shape index (κ3) is 4.39. The van der Waals surface area contributed by atoms with Crippen molar-refractivity contribution in [3.63, 3.8) is 0 Å². The molecule has 0 radical (unpaired) electrons. The minimum Gasteiger partial charge on any atom is -0.465 e. The summed E-state index contributed by atoms with van der Waals surface area (Å²) >= 11 is 1.54. The van der Waals surface area contributed by atoms with Crippen molar-refractivity contribution < 1.29 is 9.53 Å². The highest BCUT2D eigenvalue weighted by Crippen LogP contribution is 2.23. The van der Waals surface area contributed by atoms with Crippen molar-refractivity contribution in [2.45, 2.75) is 37.2 Å². The molecule has 1 heterocycles. The number of aromatic nitrogens is 2. The van der Waals surface area contributed by atoms with E-state index in [9.17, 15) is 9.59 Å². The van der Waals surface area contributed by atoms with Gasteiger partial charge < -0.3 is 4.74 Å². The lowest BCUT2D eigenvalue weighted by atomic mass is 10.1. The minimum absolute atomic E-state index is 0.0875. The number of rotatable bonds is 6. The van der Waals surface area contributed by atoms with Crippen LogP contribution in [0.4, 0.5) is 0 Å². The Bertz CT molecular complexity index is 1010. The zero-order valence-corrected chi connectivity index (χ0v) is 16.5. The van der Waals surface area contributed by atoms with Crippen molar-refractivity contribution in [2.75, 3.05) is 7.11 Å². The predicted octanol–water partition coefficient (Wildman–Crippen LogP) is 3.93. The predicted molar refractivity (Wildman–Crippen MR) is 108 cm³/mol. The summed E-state index contributed by atoms with van der Waals surface area (Å²) in [6.45, 7) is 4.68. The summed E-state index contributed by atoms with van der Waals surface area (Å²) in [5.74, 6) is -0.440. The molecule has 0 N–H and O–H groups in total. The Balaban J connectivity index is 2.06. The fraction of sp³-hybridized carbons (Fsp3) is 0.286. The van der Waals surface area contributed by atoms with Gasteiger partial charge in [0, 0.05) is 11.8 Å². The normalized spacial score (nSPS) is 11.1. The Labute approximate surface area is 162 Å². The van der Waals surface area contributed by atoms with Gasteiger partial charge in [-0.25, -0.2) is 9.78 Å². The molecule has 0 aliphatic carbocycles. The highest BCUT2D eigenvalue weighted by Gasteiger charge is 2.15. The van der Waals surface area contributed by atoms with Gasteiger partial charge in [0.2, 0.25) is 0 Å². The highest BCUT2D eigenvalue weighted by molar-refractivity contribution is 7.99. The standard InChI is InChI=1S/C21H22N2O3S/c1-14(2)27-21-22-18-13-16(20(25)26-3)9-10-17(18)19(24)23(21)12-11-15-7-5-4-6-8-15/h4-10,13-14H,11-12H2,1-3H3. The lowest BCUT2D eigenvalue weighted by Gasteiger charge is -2.15. The van der Waals surface area contributed by atoms with Gasteiger partial charge in [0.1, 0.15) is 0 Å². The van der Waals surface area contributed by atoms with Crippen LogP contribution in [-0.2, 0) is 17.7 Å². The van der Waals surface area contributed by atoms with E-state index < -0.39 is 5.97 Å². The number of thioether (sulfide) groups is 1. The SMILES string of the molecule is COC(=O)c1ccc2c(=O)n(CCc3ccccc3)c(SC(C)C)nc2c1. The Morgan fingerprint density at radius 1 is 1.19 bits per heavy atom. The number of hydrogen-bond acceptors (Lipinski definition) is 5. The van der Waals surface area contributed by atoms with E-state index in [4.69, 9.17) is 4.74 Å². The smallest absolute Gasteiger partial charge is 0.337 e. The van der Waals surface area contributed by atoms with Gasteiger partial charge in [-0.1, -0.05) is 55.9 Å². The van der Waals surface area contributed by atoms with Crippen LogP contribution in [0.25, 0.3) is 10.9 Å². The summed E-state index contributed by atoms with van der Waals surface area (Å²) in [7, 11) is 1.33. The van der Waals surface area contributed by atoms with Crippen molar-refractivity contribution in [3.8, 4) is 0 Å². The van der Waals surface area contributed by atoms with Crippen LogP contribution in [0.5, 0.6) is 0 Å². The van der Waals surface area contributed by atoms with Gasteiger partial charge in [-0.3, -0.25) is 9.36 Å². The summed E-state index contributed by atoms with van der Waals surface area (Å²) in [6, 6.07) is 15.0. The van der Waals surface area contributed by atoms with Gasteiger partial charge in [-0.15, -0.1) is 0 Å². The first-order chi connectivity index (χ1) is 13.0. The molecule has 1 aromatic heterocycles. The van der Waals surface area contributed by atoms with Gasteiger partial charge >= 0.3 is 5.97 Å². The Hall–Kier alpha value is -2.60. The third-order valence-electron chi connectivity index (χ3n) is 4.15. The number of ether oxygens (including phenoxy) is 1. The van der Waals surface area contributed by atoms with Crippen LogP contribution in [0.15, 0.2) is 58.5 Å². The maximum absolute atomic E-state index is 13.1. The summed E-state index contributed by atoms with van der Waals surface area (Å²) in [6.07, 6.45) is 0.750. The molecular weight excluding hydrogens is 360 g/mol. The topological polar surface area (TPSA) is 61.2 Å². The van der Waals surface area contributed by atoms with Crippen LogP contribution in [-0.4, -0.2) is 27.9 Å². The lowest BCUT2D eigenvalue weighted by molar-refractivity contribution is 0.0601. The molecule has 0 saturated heterocycles. The summed E-state index contributed by atoms with van der Waals surface area (Å²) in [5.41, 5.74) is 1.99. The van der Waals surface area contributed by atoms with E-state index in [0.29, 0.717) is 28.2 Å². The number of benzene rings is 2. The molecule has 0 unspecified atom stereocenters. The minimum atomic E-state index is -0.440. The molecule has 6 heteroatoms. The average Bonchev–Trinajstić information content (AvgIpc) is 2.67. The highest BCUT2D eigenvalue weighted by atomic mass is 32.2. The van der Waals surface area contributed by atoms with Gasteiger partial charge in [-0.05, 0) is 30.2 Å². The van der Waals surface area contributed by atoms with Crippen LogP contribution in [0.2, 0.25) is 0 Å². The van der Waals surface area contributed by atoms with E-state index in [0.717, 1.165) is 6.42 Å². The molecule has 0 saturated carbocycles. The fourth-order valence-corrected chi connectivity index (χ4v) is 3.70. The number of hydrogen-bond donors (Lipinski definition) is 0. The second kappa shape index (κ2) is 8.39. The molecule has 0 aliphatic heterocycles.